The summed E-state index contributed by atoms with van der Waals surface area (Å²) in [7, 11) is -3.25. The predicted octanol–water partition coefficient (Wildman–Crippen LogP) is 2.69. The van der Waals surface area contributed by atoms with E-state index in [-0.39, 0.29) is 6.04 Å². The standard InChI is InChI=1S/C12H15N3O2S2/c1-9(12-7-18-8-13-12)14-10-4-3-5-11(6-10)15-19(2,16)17/h3-9,14-15H,1-2H3. The molecule has 0 aliphatic carbocycles. The van der Waals surface area contributed by atoms with Gasteiger partial charge in [-0.1, -0.05) is 6.07 Å². The van der Waals surface area contributed by atoms with Crippen LogP contribution in [-0.2, 0) is 10.0 Å². The highest BCUT2D eigenvalue weighted by molar-refractivity contribution is 7.92. The highest BCUT2D eigenvalue weighted by Crippen LogP contribution is 2.21. The molecule has 19 heavy (non-hydrogen) atoms. The SMILES string of the molecule is CC(Nc1cccc(NS(C)(=O)=O)c1)c1cscn1. The lowest BCUT2D eigenvalue weighted by Gasteiger charge is -2.14. The summed E-state index contributed by atoms with van der Waals surface area (Å²) in [6.07, 6.45) is 1.13. The molecule has 1 heterocycles. The van der Waals surface area contributed by atoms with Gasteiger partial charge in [-0.3, -0.25) is 4.72 Å². The molecule has 0 fully saturated rings. The molecule has 5 nitrogen and oxygen atoms in total. The number of sulfonamides is 1. The first-order valence-electron chi connectivity index (χ1n) is 5.66. The van der Waals surface area contributed by atoms with Gasteiger partial charge in [-0.25, -0.2) is 13.4 Å². The van der Waals surface area contributed by atoms with Gasteiger partial charge in [-0.05, 0) is 25.1 Å². The fourth-order valence-corrected chi connectivity index (χ4v) is 2.85. The van der Waals surface area contributed by atoms with Gasteiger partial charge in [0.05, 0.1) is 29.2 Å². The van der Waals surface area contributed by atoms with Crippen molar-refractivity contribution in [2.75, 3.05) is 16.3 Å². The molecule has 1 aromatic carbocycles. The molecule has 2 rings (SSSR count). The number of nitrogens with zero attached hydrogens (tertiary/aromatic N) is 1. The molecule has 0 aliphatic rings. The highest BCUT2D eigenvalue weighted by Gasteiger charge is 2.08. The van der Waals surface area contributed by atoms with Crippen LogP contribution in [0.4, 0.5) is 11.4 Å². The van der Waals surface area contributed by atoms with E-state index in [0.29, 0.717) is 5.69 Å². The third-order valence-corrected chi connectivity index (χ3v) is 3.66. The highest BCUT2D eigenvalue weighted by atomic mass is 32.2. The van der Waals surface area contributed by atoms with Crippen molar-refractivity contribution >= 4 is 32.7 Å². The topological polar surface area (TPSA) is 71.1 Å². The second-order valence-electron chi connectivity index (χ2n) is 4.23. The van der Waals surface area contributed by atoms with E-state index in [2.05, 4.69) is 15.0 Å². The van der Waals surface area contributed by atoms with Crippen LogP contribution in [0.1, 0.15) is 18.7 Å². The minimum absolute atomic E-state index is 0.0692. The van der Waals surface area contributed by atoms with E-state index >= 15 is 0 Å². The van der Waals surface area contributed by atoms with Crippen molar-refractivity contribution in [2.24, 2.45) is 0 Å². The van der Waals surface area contributed by atoms with Crippen molar-refractivity contribution in [1.82, 2.24) is 4.98 Å². The van der Waals surface area contributed by atoms with E-state index in [4.69, 9.17) is 0 Å². The number of anilines is 2. The molecule has 2 N–H and O–H groups in total. The molecule has 1 unspecified atom stereocenters. The fourth-order valence-electron chi connectivity index (χ4n) is 1.65. The van der Waals surface area contributed by atoms with Gasteiger partial charge in [0.25, 0.3) is 0 Å². The Morgan fingerprint density at radius 2 is 2.05 bits per heavy atom. The van der Waals surface area contributed by atoms with Crippen molar-refractivity contribution in [2.45, 2.75) is 13.0 Å². The molecular weight excluding hydrogens is 282 g/mol. The second-order valence-corrected chi connectivity index (χ2v) is 6.70. The monoisotopic (exact) mass is 297 g/mol. The number of benzene rings is 1. The zero-order valence-corrected chi connectivity index (χ0v) is 12.3. The molecule has 0 saturated carbocycles. The van der Waals surface area contributed by atoms with Crippen LogP contribution in [0, 0.1) is 0 Å². The Labute approximate surface area is 116 Å². The van der Waals surface area contributed by atoms with E-state index in [1.165, 1.54) is 0 Å². The van der Waals surface area contributed by atoms with Gasteiger partial charge >= 0.3 is 0 Å². The van der Waals surface area contributed by atoms with Crippen LogP contribution in [0.3, 0.4) is 0 Å². The first-order valence-corrected chi connectivity index (χ1v) is 8.50. The molecule has 1 aromatic heterocycles. The second kappa shape index (κ2) is 5.58. The van der Waals surface area contributed by atoms with E-state index < -0.39 is 10.0 Å². The first-order chi connectivity index (χ1) is 8.94. The summed E-state index contributed by atoms with van der Waals surface area (Å²) < 4.78 is 24.8. The lowest BCUT2D eigenvalue weighted by molar-refractivity contribution is 0.607. The van der Waals surface area contributed by atoms with Crippen LogP contribution in [-0.4, -0.2) is 19.7 Å². The van der Waals surface area contributed by atoms with E-state index in [9.17, 15) is 8.42 Å². The first kappa shape index (κ1) is 13.8. The number of nitrogens with one attached hydrogen (secondary N) is 2. The Balaban J connectivity index is 2.11. The van der Waals surface area contributed by atoms with Crippen molar-refractivity contribution in [1.29, 1.82) is 0 Å². The van der Waals surface area contributed by atoms with Crippen LogP contribution in [0.5, 0.6) is 0 Å². The van der Waals surface area contributed by atoms with Gasteiger partial charge in [0.1, 0.15) is 0 Å². The summed E-state index contributed by atoms with van der Waals surface area (Å²) in [5.74, 6) is 0. The van der Waals surface area contributed by atoms with Gasteiger partial charge in [-0.15, -0.1) is 11.3 Å². The lowest BCUT2D eigenvalue weighted by Crippen LogP contribution is -2.10. The maximum absolute atomic E-state index is 11.2. The summed E-state index contributed by atoms with van der Waals surface area (Å²) in [5, 5.41) is 5.26. The van der Waals surface area contributed by atoms with E-state index in [0.717, 1.165) is 17.6 Å². The van der Waals surface area contributed by atoms with Crippen LogP contribution in [0.25, 0.3) is 0 Å². The average Bonchev–Trinajstić information content (AvgIpc) is 2.80. The summed E-state index contributed by atoms with van der Waals surface area (Å²) in [6.45, 7) is 2.01. The molecule has 7 heteroatoms. The van der Waals surface area contributed by atoms with E-state index in [1.807, 2.05) is 18.4 Å². The number of aromatic nitrogens is 1. The van der Waals surface area contributed by atoms with Crippen molar-refractivity contribution in [3.63, 3.8) is 0 Å². The summed E-state index contributed by atoms with van der Waals surface area (Å²) in [5.41, 5.74) is 4.13. The molecule has 0 spiro atoms. The number of hydrogen-bond donors (Lipinski definition) is 2. The Bertz CT molecular complexity index is 639. The molecule has 0 radical (unpaired) electrons. The Kier molecular flexibility index (Phi) is 4.06. The molecule has 2 aromatic rings. The smallest absolute Gasteiger partial charge is 0.229 e. The van der Waals surface area contributed by atoms with Gasteiger partial charge in [0.2, 0.25) is 10.0 Å². The maximum atomic E-state index is 11.2. The molecule has 1 atom stereocenters. The third kappa shape index (κ3) is 4.22. The Morgan fingerprint density at radius 1 is 1.32 bits per heavy atom. The minimum atomic E-state index is -3.25. The van der Waals surface area contributed by atoms with Crippen LogP contribution >= 0.6 is 11.3 Å². The number of hydrogen-bond acceptors (Lipinski definition) is 5. The van der Waals surface area contributed by atoms with Gasteiger partial charge < -0.3 is 5.32 Å². The zero-order chi connectivity index (χ0) is 13.9. The largest absolute Gasteiger partial charge is 0.377 e. The summed E-state index contributed by atoms with van der Waals surface area (Å²) >= 11 is 1.55. The predicted molar refractivity (Wildman–Crippen MR) is 79.1 cm³/mol. The molecule has 102 valence electrons. The molecule has 0 bridgehead atoms. The normalized spacial score (nSPS) is 12.9. The molecule has 0 saturated heterocycles. The summed E-state index contributed by atoms with van der Waals surface area (Å²) in [4.78, 5) is 4.24. The van der Waals surface area contributed by atoms with Gasteiger partial charge in [-0.2, -0.15) is 0 Å². The molecule has 0 amide bonds. The lowest BCUT2D eigenvalue weighted by atomic mass is 10.2. The van der Waals surface area contributed by atoms with Crippen LogP contribution < -0.4 is 10.0 Å². The van der Waals surface area contributed by atoms with Gasteiger partial charge in [0.15, 0.2) is 0 Å². The Hall–Kier alpha value is -1.60. The van der Waals surface area contributed by atoms with Crippen LogP contribution in [0.15, 0.2) is 35.2 Å². The van der Waals surface area contributed by atoms with Crippen molar-refractivity contribution in [3.8, 4) is 0 Å². The molecular formula is C12H15N3O2S2. The zero-order valence-electron chi connectivity index (χ0n) is 10.6. The number of rotatable bonds is 5. The Morgan fingerprint density at radius 3 is 2.68 bits per heavy atom. The molecule has 0 aliphatic heterocycles. The maximum Gasteiger partial charge on any atom is 0.229 e. The summed E-state index contributed by atoms with van der Waals surface area (Å²) in [6, 6.07) is 7.21. The van der Waals surface area contributed by atoms with E-state index in [1.54, 1.807) is 35.0 Å². The van der Waals surface area contributed by atoms with Crippen molar-refractivity contribution in [3.05, 3.63) is 40.8 Å². The quantitative estimate of drug-likeness (QED) is 0.890. The number of thiazole rings is 1. The van der Waals surface area contributed by atoms with Gasteiger partial charge in [0, 0.05) is 11.1 Å². The third-order valence-electron chi connectivity index (χ3n) is 2.44. The minimum Gasteiger partial charge on any atom is -0.377 e. The average molecular weight is 297 g/mol. The van der Waals surface area contributed by atoms with Crippen molar-refractivity contribution < 1.29 is 8.42 Å². The van der Waals surface area contributed by atoms with Crippen LogP contribution in [0.2, 0.25) is 0 Å². The fraction of sp³-hybridized carbons (Fsp3) is 0.250.